The van der Waals surface area contributed by atoms with Crippen molar-refractivity contribution in [3.8, 4) is 17.4 Å². The molecule has 0 amide bonds. The number of benzene rings is 1. The predicted octanol–water partition coefficient (Wildman–Crippen LogP) is 3.26. The number of aromatic nitrogens is 1. The van der Waals surface area contributed by atoms with Gasteiger partial charge in [-0.05, 0) is 18.2 Å². The normalized spacial score (nSPS) is 11.2. The zero-order chi connectivity index (χ0) is 15.3. The molecule has 1 aromatic carbocycles. The molecule has 0 aliphatic rings. The Hall–Kier alpha value is -2.44. The van der Waals surface area contributed by atoms with E-state index in [9.17, 15) is 18.3 Å². The Bertz CT molecular complexity index is 602. The Balaban J connectivity index is 1.84. The Morgan fingerprint density at radius 3 is 2.52 bits per heavy atom. The van der Waals surface area contributed by atoms with E-state index in [0.29, 0.717) is 5.75 Å². The van der Waals surface area contributed by atoms with E-state index in [1.54, 1.807) is 12.1 Å². The number of hydrogen-bond acceptors (Lipinski definition) is 4. The summed E-state index contributed by atoms with van der Waals surface area (Å²) >= 11 is 0. The number of hydrogen-bond donors (Lipinski definition) is 1. The van der Waals surface area contributed by atoms with Crippen LogP contribution in [0.5, 0.6) is 17.4 Å². The van der Waals surface area contributed by atoms with E-state index in [1.165, 1.54) is 12.1 Å². The van der Waals surface area contributed by atoms with Crippen LogP contribution in [0.1, 0.15) is 5.56 Å². The molecule has 0 saturated heterocycles. The zero-order valence-electron chi connectivity index (χ0n) is 10.8. The maximum absolute atomic E-state index is 12.5. The highest BCUT2D eigenvalue weighted by Crippen LogP contribution is 2.30. The number of halogens is 3. The number of phenolic OH excluding ortho intramolecular Hbond substituents is 1. The van der Waals surface area contributed by atoms with Gasteiger partial charge in [-0.25, -0.2) is 4.98 Å². The molecule has 1 heterocycles. The molecule has 0 spiro atoms. The summed E-state index contributed by atoms with van der Waals surface area (Å²) in [5, 5.41) is 9.23. The summed E-state index contributed by atoms with van der Waals surface area (Å²) in [5.74, 6) is 0.382. The van der Waals surface area contributed by atoms with Gasteiger partial charge in [-0.2, -0.15) is 13.2 Å². The summed E-state index contributed by atoms with van der Waals surface area (Å²) in [5.41, 5.74) is -0.818. The number of phenols is 1. The second-order valence-electron chi connectivity index (χ2n) is 4.07. The highest BCUT2D eigenvalue weighted by molar-refractivity contribution is 5.31. The predicted molar refractivity (Wildman–Crippen MR) is 68.3 cm³/mol. The smallest absolute Gasteiger partial charge is 0.416 e. The topological polar surface area (TPSA) is 51.6 Å². The fourth-order valence-electron chi connectivity index (χ4n) is 1.54. The summed E-state index contributed by atoms with van der Waals surface area (Å²) in [4.78, 5) is 3.69. The van der Waals surface area contributed by atoms with Crippen molar-refractivity contribution >= 4 is 0 Å². The SMILES string of the molecule is Oc1cccc(OCCOc2cc(C(F)(F)F)ccn2)c1. The Morgan fingerprint density at radius 1 is 1.05 bits per heavy atom. The minimum absolute atomic E-state index is 0.0317. The van der Waals surface area contributed by atoms with Gasteiger partial charge in [-0.15, -0.1) is 0 Å². The van der Waals surface area contributed by atoms with Gasteiger partial charge in [-0.3, -0.25) is 0 Å². The van der Waals surface area contributed by atoms with Gasteiger partial charge in [0.25, 0.3) is 0 Å². The molecule has 1 aromatic heterocycles. The molecule has 0 saturated carbocycles. The first-order chi connectivity index (χ1) is 9.95. The van der Waals surface area contributed by atoms with Crippen LogP contribution in [0.15, 0.2) is 42.6 Å². The van der Waals surface area contributed by atoms with Crippen molar-refractivity contribution in [1.82, 2.24) is 4.98 Å². The summed E-state index contributed by atoms with van der Waals surface area (Å²) in [6.07, 6.45) is -3.40. The second kappa shape index (κ2) is 6.34. The fourth-order valence-corrected chi connectivity index (χ4v) is 1.54. The maximum atomic E-state index is 12.5. The zero-order valence-corrected chi connectivity index (χ0v) is 10.8. The first kappa shape index (κ1) is 15.0. The van der Waals surface area contributed by atoms with Crippen molar-refractivity contribution in [2.45, 2.75) is 6.18 Å². The molecule has 0 unspecified atom stereocenters. The third-order valence-electron chi connectivity index (χ3n) is 2.48. The number of nitrogens with zero attached hydrogens (tertiary/aromatic N) is 1. The molecule has 21 heavy (non-hydrogen) atoms. The highest BCUT2D eigenvalue weighted by Gasteiger charge is 2.30. The van der Waals surface area contributed by atoms with Crippen LogP contribution in [0.2, 0.25) is 0 Å². The average Bonchev–Trinajstić information content (AvgIpc) is 2.43. The van der Waals surface area contributed by atoms with Gasteiger partial charge in [0.1, 0.15) is 24.7 Å². The van der Waals surface area contributed by atoms with Crippen molar-refractivity contribution in [2.24, 2.45) is 0 Å². The molecule has 2 aromatic rings. The van der Waals surface area contributed by atoms with Crippen LogP contribution in [0.25, 0.3) is 0 Å². The molecule has 0 atom stereocenters. The van der Waals surface area contributed by atoms with Crippen molar-refractivity contribution in [1.29, 1.82) is 0 Å². The summed E-state index contributed by atoms with van der Waals surface area (Å²) in [7, 11) is 0. The molecule has 1 N–H and O–H groups in total. The van der Waals surface area contributed by atoms with Crippen LogP contribution < -0.4 is 9.47 Å². The Labute approximate surface area is 118 Å². The molecule has 0 aliphatic carbocycles. The van der Waals surface area contributed by atoms with Gasteiger partial charge in [-0.1, -0.05) is 6.07 Å². The van der Waals surface area contributed by atoms with Crippen LogP contribution in [-0.2, 0) is 6.18 Å². The molecule has 0 fully saturated rings. The van der Waals surface area contributed by atoms with E-state index in [0.717, 1.165) is 18.3 Å². The van der Waals surface area contributed by atoms with Gasteiger partial charge < -0.3 is 14.6 Å². The first-order valence-electron chi connectivity index (χ1n) is 6.03. The molecule has 0 radical (unpaired) electrons. The lowest BCUT2D eigenvalue weighted by Gasteiger charge is -2.10. The summed E-state index contributed by atoms with van der Waals surface area (Å²) in [6.45, 7) is 0.144. The molecule has 0 bridgehead atoms. The van der Waals surface area contributed by atoms with Gasteiger partial charge >= 0.3 is 6.18 Å². The second-order valence-corrected chi connectivity index (χ2v) is 4.07. The lowest BCUT2D eigenvalue weighted by molar-refractivity contribution is -0.137. The molecule has 7 heteroatoms. The van der Waals surface area contributed by atoms with Crippen LogP contribution in [0.4, 0.5) is 13.2 Å². The molecule has 112 valence electrons. The summed E-state index contributed by atoms with van der Waals surface area (Å²) < 4.78 is 47.8. The largest absolute Gasteiger partial charge is 0.508 e. The van der Waals surface area contributed by atoms with E-state index >= 15 is 0 Å². The van der Waals surface area contributed by atoms with Crippen molar-refractivity contribution in [3.05, 3.63) is 48.2 Å². The number of aromatic hydroxyl groups is 1. The van der Waals surface area contributed by atoms with Crippen molar-refractivity contribution < 1.29 is 27.8 Å². The Kier molecular flexibility index (Phi) is 4.52. The third kappa shape index (κ3) is 4.55. The van der Waals surface area contributed by atoms with Gasteiger partial charge in [0.05, 0.1) is 5.56 Å². The number of rotatable bonds is 5. The monoisotopic (exact) mass is 299 g/mol. The molecular formula is C14H12F3NO3. The molecule has 0 aliphatic heterocycles. The molecule has 4 nitrogen and oxygen atoms in total. The van der Waals surface area contributed by atoms with Crippen LogP contribution in [-0.4, -0.2) is 23.3 Å². The number of ether oxygens (including phenoxy) is 2. The van der Waals surface area contributed by atoms with Crippen molar-refractivity contribution in [2.75, 3.05) is 13.2 Å². The number of alkyl halides is 3. The van der Waals surface area contributed by atoms with Gasteiger partial charge in [0.2, 0.25) is 5.88 Å². The van der Waals surface area contributed by atoms with E-state index in [4.69, 9.17) is 9.47 Å². The maximum Gasteiger partial charge on any atom is 0.416 e. The average molecular weight is 299 g/mol. The first-order valence-corrected chi connectivity index (χ1v) is 6.03. The van der Waals surface area contributed by atoms with E-state index in [1.807, 2.05) is 0 Å². The van der Waals surface area contributed by atoms with Gasteiger partial charge in [0, 0.05) is 18.3 Å². The standard InChI is InChI=1S/C14H12F3NO3/c15-14(16,17)10-4-5-18-13(8-10)21-7-6-20-12-3-1-2-11(19)9-12/h1-5,8-9,19H,6-7H2. The summed E-state index contributed by atoms with van der Waals surface area (Å²) in [6, 6.07) is 7.87. The minimum Gasteiger partial charge on any atom is -0.508 e. The molecular weight excluding hydrogens is 287 g/mol. The van der Waals surface area contributed by atoms with Crippen LogP contribution >= 0.6 is 0 Å². The lowest BCUT2D eigenvalue weighted by Crippen LogP contribution is -2.11. The van der Waals surface area contributed by atoms with Crippen molar-refractivity contribution in [3.63, 3.8) is 0 Å². The van der Waals surface area contributed by atoms with Crippen LogP contribution in [0.3, 0.4) is 0 Å². The van der Waals surface area contributed by atoms with Crippen LogP contribution in [0, 0.1) is 0 Å². The fraction of sp³-hybridized carbons (Fsp3) is 0.214. The highest BCUT2D eigenvalue weighted by atomic mass is 19.4. The number of pyridine rings is 1. The van der Waals surface area contributed by atoms with E-state index in [2.05, 4.69) is 4.98 Å². The minimum atomic E-state index is -4.43. The lowest BCUT2D eigenvalue weighted by atomic mass is 10.2. The van der Waals surface area contributed by atoms with Gasteiger partial charge in [0.15, 0.2) is 0 Å². The molecule has 2 rings (SSSR count). The Morgan fingerprint density at radius 2 is 1.81 bits per heavy atom. The third-order valence-corrected chi connectivity index (χ3v) is 2.48. The van der Waals surface area contributed by atoms with E-state index < -0.39 is 11.7 Å². The quantitative estimate of drug-likeness (QED) is 0.861. The van der Waals surface area contributed by atoms with E-state index in [-0.39, 0.29) is 24.8 Å².